The first-order valence-corrected chi connectivity index (χ1v) is 5.91. The smallest absolute Gasteiger partial charge is 0.230 e. The van der Waals surface area contributed by atoms with Gasteiger partial charge in [-0.2, -0.15) is 0 Å². The summed E-state index contributed by atoms with van der Waals surface area (Å²) in [6.07, 6.45) is 2.15. The number of rotatable bonds is 7. The topological polar surface area (TPSA) is 119 Å². The van der Waals surface area contributed by atoms with E-state index < -0.39 is 24.0 Å². The maximum absolute atomic E-state index is 11.7. The van der Waals surface area contributed by atoms with E-state index in [2.05, 4.69) is 10.3 Å². The minimum Gasteiger partial charge on any atom is -0.544 e. The number of aliphatic hydroxyl groups is 1. The van der Waals surface area contributed by atoms with Crippen LogP contribution >= 0.6 is 0 Å². The fraction of sp³-hybridized carbons (Fsp3) is 0.417. The first-order valence-electron chi connectivity index (χ1n) is 5.91. The molecule has 4 N–H and O–H groups in total. The number of nitrogens with zero attached hydrogens (tertiary/aromatic N) is 1. The summed E-state index contributed by atoms with van der Waals surface area (Å²) in [6.45, 7) is 1.73. The number of carbonyl (C=O) groups is 2. The zero-order valence-electron chi connectivity index (χ0n) is 10.6. The SMILES string of the molecule is C[C@@H](O)C[NH2+][C@@H](CC(=O)Nc1cccnc1)C(=O)[O-]. The molecule has 0 bridgehead atoms. The summed E-state index contributed by atoms with van der Waals surface area (Å²) in [4.78, 5) is 26.4. The molecule has 1 rings (SSSR count). The van der Waals surface area contributed by atoms with E-state index in [1.165, 1.54) is 11.5 Å². The van der Waals surface area contributed by atoms with E-state index in [1.54, 1.807) is 25.3 Å². The summed E-state index contributed by atoms with van der Waals surface area (Å²) in [5.74, 6) is -1.77. The molecule has 0 radical (unpaired) electrons. The van der Waals surface area contributed by atoms with Gasteiger partial charge in [-0.3, -0.25) is 9.78 Å². The van der Waals surface area contributed by atoms with Gasteiger partial charge in [0.1, 0.15) is 12.6 Å². The Hall–Kier alpha value is -1.99. The second-order valence-corrected chi connectivity index (χ2v) is 4.24. The molecule has 104 valence electrons. The fourth-order valence-electron chi connectivity index (χ4n) is 1.47. The maximum atomic E-state index is 11.7. The highest BCUT2D eigenvalue weighted by molar-refractivity contribution is 5.93. The molecule has 0 aliphatic rings. The third-order valence-electron chi connectivity index (χ3n) is 2.42. The van der Waals surface area contributed by atoms with Crippen molar-refractivity contribution < 1.29 is 25.1 Å². The number of anilines is 1. The van der Waals surface area contributed by atoms with Crippen molar-refractivity contribution >= 4 is 17.6 Å². The number of carboxylic acid groups (broad SMARTS) is 1. The molecule has 0 aliphatic heterocycles. The molecule has 0 aromatic carbocycles. The molecular weight excluding hydrogens is 250 g/mol. The Labute approximate surface area is 110 Å². The van der Waals surface area contributed by atoms with Crippen molar-refractivity contribution in [3.05, 3.63) is 24.5 Å². The van der Waals surface area contributed by atoms with Gasteiger partial charge in [-0.1, -0.05) is 0 Å². The molecule has 19 heavy (non-hydrogen) atoms. The molecule has 2 atom stereocenters. The largest absolute Gasteiger partial charge is 0.544 e. The second kappa shape index (κ2) is 7.45. The lowest BCUT2D eigenvalue weighted by Crippen LogP contribution is -2.94. The van der Waals surface area contributed by atoms with Crippen LogP contribution in [0.15, 0.2) is 24.5 Å². The van der Waals surface area contributed by atoms with Crippen LogP contribution in [0.25, 0.3) is 0 Å². The Balaban J connectivity index is 2.49. The van der Waals surface area contributed by atoms with Crippen LogP contribution in [0.2, 0.25) is 0 Å². The third kappa shape index (κ3) is 5.94. The first kappa shape index (κ1) is 15.1. The van der Waals surface area contributed by atoms with Gasteiger partial charge in [0.15, 0.2) is 0 Å². The number of pyridine rings is 1. The molecule has 0 saturated heterocycles. The van der Waals surface area contributed by atoms with Crippen LogP contribution < -0.4 is 15.7 Å². The highest BCUT2D eigenvalue weighted by Crippen LogP contribution is 2.03. The number of nitrogens with two attached hydrogens (primary N) is 1. The molecule has 1 heterocycles. The molecule has 1 amide bonds. The van der Waals surface area contributed by atoms with Gasteiger partial charge in [-0.25, -0.2) is 0 Å². The van der Waals surface area contributed by atoms with Gasteiger partial charge in [0.05, 0.1) is 30.4 Å². The van der Waals surface area contributed by atoms with Gasteiger partial charge < -0.3 is 25.6 Å². The van der Waals surface area contributed by atoms with E-state index in [-0.39, 0.29) is 13.0 Å². The summed E-state index contributed by atoms with van der Waals surface area (Å²) < 4.78 is 0. The lowest BCUT2D eigenvalue weighted by atomic mass is 10.2. The Bertz CT molecular complexity index is 422. The number of quaternary nitrogens is 1. The Kier molecular flexibility index (Phi) is 5.91. The summed E-state index contributed by atoms with van der Waals surface area (Å²) in [6, 6.07) is 2.29. The quantitative estimate of drug-likeness (QED) is 0.503. The number of carbonyl (C=O) groups excluding carboxylic acids is 2. The average molecular weight is 267 g/mol. The standard InChI is InChI=1S/C12H17N3O4/c1-8(16)6-14-10(12(18)19)5-11(17)15-9-3-2-4-13-7-9/h2-4,7-8,10,14,16H,5-6H2,1H3,(H,15,17)(H,18,19)/t8-,10+/m1/s1. The summed E-state index contributed by atoms with van der Waals surface area (Å²) >= 11 is 0. The van der Waals surface area contributed by atoms with Crippen LogP contribution in [0, 0.1) is 0 Å². The molecule has 7 heteroatoms. The fourth-order valence-corrected chi connectivity index (χ4v) is 1.47. The summed E-state index contributed by atoms with van der Waals surface area (Å²) in [5, 5.41) is 23.9. The number of hydrogen-bond donors (Lipinski definition) is 3. The van der Waals surface area contributed by atoms with Crippen molar-refractivity contribution in [3.63, 3.8) is 0 Å². The first-order chi connectivity index (χ1) is 8.99. The molecule has 0 aliphatic carbocycles. The molecular formula is C12H17N3O4. The number of hydrogen-bond acceptors (Lipinski definition) is 5. The minimum absolute atomic E-state index is 0.193. The van der Waals surface area contributed by atoms with Crippen molar-refractivity contribution in [2.24, 2.45) is 0 Å². The van der Waals surface area contributed by atoms with Crippen LogP contribution in [0.5, 0.6) is 0 Å². The highest BCUT2D eigenvalue weighted by atomic mass is 16.4. The second-order valence-electron chi connectivity index (χ2n) is 4.24. The predicted octanol–water partition coefficient (Wildman–Crippen LogP) is -2.53. The molecule has 0 unspecified atom stereocenters. The van der Waals surface area contributed by atoms with Crippen molar-refractivity contribution in [1.82, 2.24) is 4.98 Å². The number of aliphatic carboxylic acids is 1. The van der Waals surface area contributed by atoms with Crippen molar-refractivity contribution in [3.8, 4) is 0 Å². The number of aromatic nitrogens is 1. The van der Waals surface area contributed by atoms with Gasteiger partial charge in [-0.05, 0) is 19.1 Å². The highest BCUT2D eigenvalue weighted by Gasteiger charge is 2.19. The summed E-state index contributed by atoms with van der Waals surface area (Å²) in [5.41, 5.74) is 0.500. The van der Waals surface area contributed by atoms with Gasteiger partial charge in [0, 0.05) is 6.20 Å². The number of nitrogens with one attached hydrogen (secondary N) is 1. The minimum atomic E-state index is -1.33. The third-order valence-corrected chi connectivity index (χ3v) is 2.42. The van der Waals surface area contributed by atoms with Gasteiger partial charge in [-0.15, -0.1) is 0 Å². The van der Waals surface area contributed by atoms with Gasteiger partial charge in [0.25, 0.3) is 0 Å². The average Bonchev–Trinajstić information content (AvgIpc) is 2.35. The monoisotopic (exact) mass is 267 g/mol. The Morgan fingerprint density at radius 3 is 2.84 bits per heavy atom. The summed E-state index contributed by atoms with van der Waals surface area (Å²) in [7, 11) is 0. The predicted molar refractivity (Wildman–Crippen MR) is 64.8 cm³/mol. The van der Waals surface area contributed by atoms with Crippen LogP contribution in [0.1, 0.15) is 13.3 Å². The van der Waals surface area contributed by atoms with Gasteiger partial charge in [0.2, 0.25) is 5.91 Å². The lowest BCUT2D eigenvalue weighted by molar-refractivity contribution is -0.687. The van der Waals surface area contributed by atoms with Crippen LogP contribution in [0.3, 0.4) is 0 Å². The molecule has 0 saturated carbocycles. The Morgan fingerprint density at radius 2 is 2.32 bits per heavy atom. The van der Waals surface area contributed by atoms with Crippen LogP contribution in [0.4, 0.5) is 5.69 Å². The van der Waals surface area contributed by atoms with E-state index in [1.807, 2.05) is 0 Å². The maximum Gasteiger partial charge on any atom is 0.230 e. The Morgan fingerprint density at radius 1 is 1.58 bits per heavy atom. The molecule has 1 aromatic rings. The lowest BCUT2D eigenvalue weighted by Gasteiger charge is -2.17. The normalized spacial score (nSPS) is 13.6. The number of amides is 1. The van der Waals surface area contributed by atoms with Gasteiger partial charge >= 0.3 is 0 Å². The van der Waals surface area contributed by atoms with Crippen molar-refractivity contribution in [1.29, 1.82) is 0 Å². The van der Waals surface area contributed by atoms with E-state index in [0.717, 1.165) is 0 Å². The molecule has 0 spiro atoms. The molecule has 7 nitrogen and oxygen atoms in total. The molecule has 0 fully saturated rings. The zero-order chi connectivity index (χ0) is 14.3. The van der Waals surface area contributed by atoms with E-state index in [0.29, 0.717) is 5.69 Å². The van der Waals surface area contributed by atoms with Crippen LogP contribution in [-0.2, 0) is 9.59 Å². The molecule has 1 aromatic heterocycles. The number of carboxylic acids is 1. The van der Waals surface area contributed by atoms with Crippen molar-refractivity contribution in [2.45, 2.75) is 25.5 Å². The van der Waals surface area contributed by atoms with Crippen LogP contribution in [-0.4, -0.2) is 40.7 Å². The number of aliphatic hydroxyl groups excluding tert-OH is 1. The zero-order valence-corrected chi connectivity index (χ0v) is 10.6. The van der Waals surface area contributed by atoms with Crippen molar-refractivity contribution in [2.75, 3.05) is 11.9 Å². The van der Waals surface area contributed by atoms with E-state index in [9.17, 15) is 14.7 Å². The van der Waals surface area contributed by atoms with E-state index in [4.69, 9.17) is 5.11 Å². The van der Waals surface area contributed by atoms with E-state index >= 15 is 0 Å².